The molecule has 0 radical (unpaired) electrons. The number of fused-ring (bicyclic) bond motifs is 1. The smallest absolute Gasteiger partial charge is 0.208 e. The van der Waals surface area contributed by atoms with Crippen molar-refractivity contribution in [3.63, 3.8) is 0 Å². The molecule has 0 amide bonds. The predicted molar refractivity (Wildman–Crippen MR) is 104 cm³/mol. The molecule has 0 unspecified atom stereocenters. The zero-order chi connectivity index (χ0) is 21.5. The van der Waals surface area contributed by atoms with Gasteiger partial charge in [0.2, 0.25) is 9.84 Å². The molecular formula is C22H11F3N2O2S. The summed E-state index contributed by atoms with van der Waals surface area (Å²) in [6.07, 6.45) is 1.10. The third-order valence-corrected chi connectivity index (χ3v) is 6.35. The van der Waals surface area contributed by atoms with Crippen LogP contribution in [0, 0.1) is 28.8 Å². The van der Waals surface area contributed by atoms with Crippen molar-refractivity contribution in [2.75, 3.05) is 0 Å². The predicted octanol–water partition coefficient (Wildman–Crippen LogP) is 5.02. The molecule has 0 bridgehead atoms. The molecule has 4 nitrogen and oxygen atoms in total. The maximum Gasteiger partial charge on any atom is 0.208 e. The summed E-state index contributed by atoms with van der Waals surface area (Å²) < 4.78 is 67.0. The number of sulfone groups is 1. The fourth-order valence-corrected chi connectivity index (χ4v) is 4.58. The molecule has 0 saturated carbocycles. The fourth-order valence-electron chi connectivity index (χ4n) is 3.13. The zero-order valence-corrected chi connectivity index (χ0v) is 15.9. The number of rotatable bonds is 3. The van der Waals surface area contributed by atoms with Crippen LogP contribution in [0.25, 0.3) is 22.0 Å². The Hall–Kier alpha value is -3.70. The van der Waals surface area contributed by atoms with Gasteiger partial charge in [0.15, 0.2) is 11.6 Å². The summed E-state index contributed by atoms with van der Waals surface area (Å²) in [5.41, 5.74) is 1.29. The molecule has 0 spiro atoms. The first-order chi connectivity index (χ1) is 14.3. The summed E-state index contributed by atoms with van der Waals surface area (Å²) in [4.78, 5) is 3.46. The second-order valence-corrected chi connectivity index (χ2v) is 8.35. The minimum Gasteiger partial charge on any atom is -0.255 e. The number of nitrogens with zero attached hydrogens (tertiary/aromatic N) is 2. The van der Waals surface area contributed by atoms with E-state index in [2.05, 4.69) is 4.98 Å². The van der Waals surface area contributed by atoms with E-state index >= 15 is 0 Å². The highest BCUT2D eigenvalue weighted by Gasteiger charge is 2.26. The average Bonchev–Trinajstić information content (AvgIpc) is 2.75. The molecule has 0 saturated heterocycles. The number of hydrogen-bond donors (Lipinski definition) is 0. The Labute approximate surface area is 169 Å². The van der Waals surface area contributed by atoms with Crippen molar-refractivity contribution in [3.05, 3.63) is 89.9 Å². The summed E-state index contributed by atoms with van der Waals surface area (Å²) in [7, 11) is -4.30. The van der Waals surface area contributed by atoms with Crippen LogP contribution in [0.4, 0.5) is 13.2 Å². The molecule has 1 aromatic heterocycles. The van der Waals surface area contributed by atoms with Crippen molar-refractivity contribution in [1.29, 1.82) is 5.26 Å². The Bertz CT molecular complexity index is 1440. The molecule has 0 N–H and O–H groups in total. The van der Waals surface area contributed by atoms with Gasteiger partial charge in [0.25, 0.3) is 0 Å². The lowest BCUT2D eigenvalue weighted by Crippen LogP contribution is -2.06. The van der Waals surface area contributed by atoms with E-state index < -0.39 is 32.2 Å². The zero-order valence-electron chi connectivity index (χ0n) is 15.1. The lowest BCUT2D eigenvalue weighted by molar-refractivity contribution is 0.504. The van der Waals surface area contributed by atoms with Crippen molar-refractivity contribution in [1.82, 2.24) is 4.98 Å². The number of pyridine rings is 1. The maximum absolute atomic E-state index is 13.7. The van der Waals surface area contributed by atoms with Crippen molar-refractivity contribution in [3.8, 4) is 17.2 Å². The highest BCUT2D eigenvalue weighted by Crippen LogP contribution is 2.37. The lowest BCUT2D eigenvalue weighted by Gasteiger charge is -2.14. The molecule has 4 aromatic rings. The quantitative estimate of drug-likeness (QED) is 0.433. The van der Waals surface area contributed by atoms with E-state index in [0.29, 0.717) is 28.1 Å². The van der Waals surface area contributed by atoms with E-state index in [1.165, 1.54) is 36.4 Å². The van der Waals surface area contributed by atoms with E-state index in [9.17, 15) is 21.6 Å². The third-order valence-electron chi connectivity index (χ3n) is 4.59. The summed E-state index contributed by atoms with van der Waals surface area (Å²) in [5.74, 6) is -2.98. The Morgan fingerprint density at radius 1 is 0.867 bits per heavy atom. The van der Waals surface area contributed by atoms with Crippen molar-refractivity contribution in [2.45, 2.75) is 9.79 Å². The van der Waals surface area contributed by atoms with Crippen LogP contribution in [0.15, 0.2) is 76.7 Å². The highest BCUT2D eigenvalue weighted by atomic mass is 32.2. The van der Waals surface area contributed by atoms with Crippen LogP contribution in [-0.4, -0.2) is 13.4 Å². The van der Waals surface area contributed by atoms with Gasteiger partial charge in [-0.25, -0.2) is 21.6 Å². The van der Waals surface area contributed by atoms with E-state index in [-0.39, 0.29) is 10.5 Å². The lowest BCUT2D eigenvalue weighted by atomic mass is 10.0. The molecule has 148 valence electrons. The normalized spacial score (nSPS) is 11.4. The third kappa shape index (κ3) is 3.29. The molecule has 3 aromatic carbocycles. The van der Waals surface area contributed by atoms with Gasteiger partial charge in [-0.3, -0.25) is 4.98 Å². The molecule has 0 fully saturated rings. The number of benzene rings is 3. The van der Waals surface area contributed by atoms with Crippen LogP contribution < -0.4 is 0 Å². The van der Waals surface area contributed by atoms with E-state index in [1.54, 1.807) is 6.07 Å². The van der Waals surface area contributed by atoms with Gasteiger partial charge in [0.1, 0.15) is 5.82 Å². The molecule has 8 heteroatoms. The van der Waals surface area contributed by atoms with Crippen molar-refractivity contribution in [2.24, 2.45) is 0 Å². The number of hydrogen-bond acceptors (Lipinski definition) is 4. The van der Waals surface area contributed by atoms with Gasteiger partial charge in [-0.2, -0.15) is 5.26 Å². The van der Waals surface area contributed by atoms with Gasteiger partial charge < -0.3 is 0 Å². The highest BCUT2D eigenvalue weighted by molar-refractivity contribution is 7.91. The van der Waals surface area contributed by atoms with Crippen LogP contribution >= 0.6 is 0 Å². The van der Waals surface area contributed by atoms with Gasteiger partial charge >= 0.3 is 0 Å². The Balaban J connectivity index is 2.06. The van der Waals surface area contributed by atoms with Crippen LogP contribution in [-0.2, 0) is 9.84 Å². The number of halogens is 3. The largest absolute Gasteiger partial charge is 0.255 e. The van der Waals surface area contributed by atoms with Crippen LogP contribution in [0.1, 0.15) is 5.56 Å². The second kappa shape index (κ2) is 7.28. The first-order valence-corrected chi connectivity index (χ1v) is 10.1. The first kappa shape index (κ1) is 19.6. The van der Waals surface area contributed by atoms with Gasteiger partial charge in [-0.05, 0) is 48.0 Å². The molecule has 0 atom stereocenters. The summed E-state index contributed by atoms with van der Waals surface area (Å²) in [5, 5.41) is 9.52. The standard InChI is InChI=1S/C22H11F3N2O2S/c23-15-4-2-14(3-5-15)22-17-7-1-13(11-26)9-20(17)27-12-21(22)30(28,29)16-6-8-18(24)19(25)10-16/h1-10,12H. The van der Waals surface area contributed by atoms with Gasteiger partial charge in [-0.1, -0.05) is 18.2 Å². The molecule has 4 rings (SSSR count). The van der Waals surface area contributed by atoms with Gasteiger partial charge in [0.05, 0.1) is 26.9 Å². The van der Waals surface area contributed by atoms with Crippen LogP contribution in [0.3, 0.4) is 0 Å². The Kier molecular flexibility index (Phi) is 4.76. The van der Waals surface area contributed by atoms with E-state index in [1.807, 2.05) is 6.07 Å². The van der Waals surface area contributed by atoms with Crippen LogP contribution in [0.2, 0.25) is 0 Å². The van der Waals surface area contributed by atoms with Gasteiger partial charge in [-0.15, -0.1) is 0 Å². The maximum atomic E-state index is 13.7. The van der Waals surface area contributed by atoms with Crippen molar-refractivity contribution >= 4 is 20.7 Å². The topological polar surface area (TPSA) is 70.8 Å². The van der Waals surface area contributed by atoms with Gasteiger partial charge in [0, 0.05) is 17.1 Å². The molecular weight excluding hydrogens is 413 g/mol. The SMILES string of the molecule is N#Cc1ccc2c(-c3ccc(F)cc3)c(S(=O)(=O)c3ccc(F)c(F)c3)cnc2c1. The monoisotopic (exact) mass is 424 g/mol. The minimum absolute atomic E-state index is 0.217. The van der Waals surface area contributed by atoms with E-state index in [4.69, 9.17) is 5.26 Å². The molecule has 30 heavy (non-hydrogen) atoms. The molecule has 0 aliphatic rings. The summed E-state index contributed by atoms with van der Waals surface area (Å²) in [6.45, 7) is 0. The molecule has 1 heterocycles. The Morgan fingerprint density at radius 2 is 1.60 bits per heavy atom. The summed E-state index contributed by atoms with van der Waals surface area (Å²) in [6, 6.07) is 14.0. The molecule has 0 aliphatic carbocycles. The summed E-state index contributed by atoms with van der Waals surface area (Å²) >= 11 is 0. The fraction of sp³-hybridized carbons (Fsp3) is 0. The number of aromatic nitrogens is 1. The van der Waals surface area contributed by atoms with E-state index in [0.717, 1.165) is 18.3 Å². The molecule has 0 aliphatic heterocycles. The number of nitriles is 1. The van der Waals surface area contributed by atoms with Crippen LogP contribution in [0.5, 0.6) is 0 Å². The minimum atomic E-state index is -4.30. The Morgan fingerprint density at radius 3 is 2.27 bits per heavy atom. The first-order valence-electron chi connectivity index (χ1n) is 8.60. The second-order valence-electron chi connectivity index (χ2n) is 6.43. The average molecular weight is 424 g/mol. The van der Waals surface area contributed by atoms with Crippen molar-refractivity contribution < 1.29 is 21.6 Å².